The molecule has 0 spiro atoms. The van der Waals surface area contributed by atoms with Gasteiger partial charge in [0.25, 0.3) is 0 Å². The van der Waals surface area contributed by atoms with Gasteiger partial charge in [0.2, 0.25) is 0 Å². The van der Waals surface area contributed by atoms with Crippen molar-refractivity contribution < 1.29 is 19.1 Å². The molecule has 0 bridgehead atoms. The Bertz CT molecular complexity index is 1570. The van der Waals surface area contributed by atoms with Crippen molar-refractivity contribution in [2.24, 2.45) is 11.8 Å². The zero-order chi connectivity index (χ0) is 35.2. The maximum absolute atomic E-state index is 14.0. The minimum Gasteiger partial charge on any atom is -0.444 e. The highest BCUT2D eigenvalue weighted by Gasteiger charge is 2.28. The molecule has 3 amide bonds. The van der Waals surface area contributed by atoms with Gasteiger partial charge in [-0.25, -0.2) is 14.6 Å². The van der Waals surface area contributed by atoms with Crippen LogP contribution in [0.1, 0.15) is 79.6 Å². The van der Waals surface area contributed by atoms with E-state index >= 15 is 0 Å². The molecule has 3 atom stereocenters. The van der Waals surface area contributed by atoms with Crippen LogP contribution in [-0.2, 0) is 35.5 Å². The average Bonchev–Trinajstić information content (AvgIpc) is 3.78. The van der Waals surface area contributed by atoms with Crippen LogP contribution in [0.4, 0.5) is 9.59 Å². The summed E-state index contributed by atoms with van der Waals surface area (Å²) in [6, 6.07) is 23.0. The van der Waals surface area contributed by atoms with Crippen LogP contribution in [0.25, 0.3) is 0 Å². The van der Waals surface area contributed by atoms with E-state index in [4.69, 9.17) is 4.74 Å². The summed E-state index contributed by atoms with van der Waals surface area (Å²) in [6.45, 7) is 8.73. The first-order valence-electron chi connectivity index (χ1n) is 17.1. The second kappa shape index (κ2) is 19.2. The van der Waals surface area contributed by atoms with E-state index in [2.05, 4.69) is 53.7 Å². The SMILES string of the molecule is CC(C)c1nc(CN(C)C(=O)N[C@H](C(=O)C[C@H](CC[C@H](Cc2ccccc2)NC(=O)OCc2cccs2)Cc2ccccc2)C(C)C)cs1. The number of rotatable bonds is 18. The molecule has 0 unspecified atom stereocenters. The van der Waals surface area contributed by atoms with E-state index in [0.29, 0.717) is 44.6 Å². The van der Waals surface area contributed by atoms with Crippen LogP contribution in [-0.4, -0.2) is 46.9 Å². The molecule has 0 saturated heterocycles. The van der Waals surface area contributed by atoms with Crippen LogP contribution in [0.5, 0.6) is 0 Å². The van der Waals surface area contributed by atoms with Crippen LogP contribution >= 0.6 is 22.7 Å². The number of Topliss-reactive ketones (excluding diaryl/α,β-unsaturated/α-hetero) is 1. The number of thiophene rings is 1. The van der Waals surface area contributed by atoms with Gasteiger partial charge in [0.05, 0.1) is 23.3 Å². The molecular formula is C39H50N4O4S2. The molecule has 0 saturated carbocycles. The number of alkyl carbamates (subject to hydrolysis) is 1. The summed E-state index contributed by atoms with van der Waals surface area (Å²) in [4.78, 5) is 47.4. The Morgan fingerprint density at radius 1 is 0.837 bits per heavy atom. The van der Waals surface area contributed by atoms with Crippen molar-refractivity contribution in [2.75, 3.05) is 7.05 Å². The Morgan fingerprint density at radius 3 is 2.10 bits per heavy atom. The molecule has 0 aliphatic heterocycles. The minimum atomic E-state index is -0.625. The molecule has 262 valence electrons. The van der Waals surface area contributed by atoms with E-state index in [9.17, 15) is 14.4 Å². The molecule has 10 heteroatoms. The number of urea groups is 1. The Balaban J connectivity index is 1.43. The largest absolute Gasteiger partial charge is 0.444 e. The molecule has 0 aliphatic carbocycles. The molecule has 2 aromatic heterocycles. The van der Waals surface area contributed by atoms with Crippen LogP contribution in [0.2, 0.25) is 0 Å². The van der Waals surface area contributed by atoms with Gasteiger partial charge >= 0.3 is 12.1 Å². The molecule has 4 rings (SSSR count). The van der Waals surface area contributed by atoms with E-state index in [0.717, 1.165) is 26.7 Å². The molecule has 2 aromatic carbocycles. The fraction of sp³-hybridized carbons (Fsp3) is 0.436. The maximum atomic E-state index is 14.0. The second-order valence-electron chi connectivity index (χ2n) is 13.3. The van der Waals surface area contributed by atoms with Gasteiger partial charge in [-0.15, -0.1) is 22.7 Å². The number of ketones is 1. The van der Waals surface area contributed by atoms with Gasteiger partial charge < -0.3 is 20.3 Å². The van der Waals surface area contributed by atoms with E-state index in [1.54, 1.807) is 34.6 Å². The molecule has 0 fully saturated rings. The maximum Gasteiger partial charge on any atom is 0.407 e. The monoisotopic (exact) mass is 702 g/mol. The fourth-order valence-corrected chi connectivity index (χ4v) is 7.22. The van der Waals surface area contributed by atoms with Gasteiger partial charge in [-0.05, 0) is 60.1 Å². The zero-order valence-corrected chi connectivity index (χ0v) is 30.9. The average molecular weight is 703 g/mol. The number of thiazole rings is 1. The highest BCUT2D eigenvalue weighted by molar-refractivity contribution is 7.10. The Morgan fingerprint density at radius 2 is 1.51 bits per heavy atom. The van der Waals surface area contributed by atoms with Crippen LogP contribution in [0, 0.1) is 11.8 Å². The van der Waals surface area contributed by atoms with Gasteiger partial charge in [0, 0.05) is 35.7 Å². The van der Waals surface area contributed by atoms with E-state index in [-0.39, 0.29) is 36.3 Å². The summed E-state index contributed by atoms with van der Waals surface area (Å²) < 4.78 is 5.54. The molecule has 8 nitrogen and oxygen atoms in total. The number of nitrogens with one attached hydrogen (secondary N) is 2. The Hall–Kier alpha value is -4.02. The van der Waals surface area contributed by atoms with Crippen molar-refractivity contribution in [2.45, 2.75) is 91.0 Å². The summed E-state index contributed by atoms with van der Waals surface area (Å²) in [5.74, 6) is 0.271. The van der Waals surface area contributed by atoms with E-state index in [1.165, 1.54) is 0 Å². The number of hydrogen-bond donors (Lipinski definition) is 2. The van der Waals surface area contributed by atoms with Crippen molar-refractivity contribution >= 4 is 40.6 Å². The number of hydrogen-bond acceptors (Lipinski definition) is 7. The molecule has 0 radical (unpaired) electrons. The molecular weight excluding hydrogens is 653 g/mol. The minimum absolute atomic E-state index is 0.0105. The van der Waals surface area contributed by atoms with Gasteiger partial charge in [0.15, 0.2) is 5.78 Å². The number of amides is 3. The van der Waals surface area contributed by atoms with Crippen molar-refractivity contribution in [3.8, 4) is 0 Å². The smallest absolute Gasteiger partial charge is 0.407 e. The zero-order valence-electron chi connectivity index (χ0n) is 29.3. The van der Waals surface area contributed by atoms with Crippen LogP contribution < -0.4 is 10.6 Å². The first-order valence-corrected chi connectivity index (χ1v) is 18.9. The van der Waals surface area contributed by atoms with Crippen LogP contribution in [0.15, 0.2) is 83.6 Å². The molecule has 0 aliphatic rings. The van der Waals surface area contributed by atoms with Crippen LogP contribution in [0.3, 0.4) is 0 Å². The third kappa shape index (κ3) is 12.7. The van der Waals surface area contributed by atoms with Gasteiger partial charge in [0.1, 0.15) is 6.61 Å². The van der Waals surface area contributed by atoms with Gasteiger partial charge in [-0.2, -0.15) is 0 Å². The lowest BCUT2D eigenvalue weighted by atomic mass is 9.85. The molecule has 4 aromatic rings. The number of carbonyl (C=O) groups excluding carboxylic acids is 3. The van der Waals surface area contributed by atoms with Gasteiger partial charge in [-0.1, -0.05) is 94.4 Å². The third-order valence-electron chi connectivity index (χ3n) is 8.45. The van der Waals surface area contributed by atoms with Crippen molar-refractivity contribution in [1.82, 2.24) is 20.5 Å². The molecule has 2 N–H and O–H groups in total. The standard InChI is InChI=1S/C39H50N4O4S2/c1-27(2)36(42-38(45)43(5)24-33-26-49-37(40-33)28(3)4)35(44)23-31(21-29-13-8-6-9-14-29)18-19-32(22-30-15-10-7-11-16-30)41-39(46)47-25-34-17-12-20-48-34/h6-17,20,26-28,31-32,36H,18-19,21-25H2,1-5H3,(H,41,46)(H,42,45)/t31-,32-,36+/m1/s1. The molecule has 49 heavy (non-hydrogen) atoms. The van der Waals surface area contributed by atoms with Gasteiger partial charge in [-0.3, -0.25) is 4.79 Å². The second-order valence-corrected chi connectivity index (χ2v) is 15.3. The van der Waals surface area contributed by atoms with Crippen molar-refractivity contribution in [3.05, 3.63) is 110 Å². The summed E-state index contributed by atoms with van der Waals surface area (Å²) >= 11 is 3.15. The first-order chi connectivity index (χ1) is 23.6. The van der Waals surface area contributed by atoms with Crippen molar-refractivity contribution in [3.63, 3.8) is 0 Å². The number of carbonyl (C=O) groups is 3. The van der Waals surface area contributed by atoms with E-state index in [1.807, 2.05) is 73.1 Å². The summed E-state index contributed by atoms with van der Waals surface area (Å²) in [5.41, 5.74) is 3.11. The van der Waals surface area contributed by atoms with Crippen molar-refractivity contribution in [1.29, 1.82) is 0 Å². The molecule has 2 heterocycles. The highest BCUT2D eigenvalue weighted by Crippen LogP contribution is 2.24. The highest BCUT2D eigenvalue weighted by atomic mass is 32.1. The number of ether oxygens (including phenoxy) is 1. The first kappa shape index (κ1) is 37.8. The third-order valence-corrected chi connectivity index (χ3v) is 10.5. The Labute approximate surface area is 299 Å². The number of aromatic nitrogens is 1. The topological polar surface area (TPSA) is 101 Å². The predicted octanol–water partition coefficient (Wildman–Crippen LogP) is 8.63. The summed E-state index contributed by atoms with van der Waals surface area (Å²) in [5, 5.41) is 11.1. The Kier molecular flexibility index (Phi) is 14.8. The predicted molar refractivity (Wildman–Crippen MR) is 199 cm³/mol. The quantitative estimate of drug-likeness (QED) is 0.108. The van der Waals surface area contributed by atoms with E-state index < -0.39 is 12.1 Å². The normalized spacial score (nSPS) is 13.1. The lowest BCUT2D eigenvalue weighted by Gasteiger charge is -2.27. The number of nitrogens with zero attached hydrogens (tertiary/aromatic N) is 2. The lowest BCUT2D eigenvalue weighted by molar-refractivity contribution is -0.122. The number of benzene rings is 2. The lowest BCUT2D eigenvalue weighted by Crippen LogP contribution is -2.49. The summed E-state index contributed by atoms with van der Waals surface area (Å²) in [6.07, 6.45) is 2.61. The fourth-order valence-electron chi connectivity index (χ4n) is 5.77. The summed E-state index contributed by atoms with van der Waals surface area (Å²) in [7, 11) is 1.73.